The highest BCUT2D eigenvalue weighted by molar-refractivity contribution is 7.92. The van der Waals surface area contributed by atoms with E-state index in [9.17, 15) is 13.5 Å². The summed E-state index contributed by atoms with van der Waals surface area (Å²) in [5.41, 5.74) is 2.11. The fourth-order valence-corrected chi connectivity index (χ4v) is 3.32. The van der Waals surface area contributed by atoms with E-state index in [1.165, 1.54) is 10.7 Å². The number of aromatic nitrogens is 3. The van der Waals surface area contributed by atoms with Gasteiger partial charge in [0, 0.05) is 5.56 Å². The Bertz CT molecular complexity index is 946. The standard InChI is InChI=1S/C15H15N3O3S/c1-10(2)22(20,21)13-5-3-4-11(8-13)14-7-6-12-9-16-15(19)17-18(12)14/h3-10H,1-2H3,(H,17,19). The molecule has 0 aliphatic rings. The molecule has 114 valence electrons. The smallest absolute Gasteiger partial charge is 0.331 e. The van der Waals surface area contributed by atoms with Crippen molar-refractivity contribution in [3.8, 4) is 17.3 Å². The largest absolute Gasteiger partial charge is 0.478 e. The molecule has 0 saturated carbocycles. The summed E-state index contributed by atoms with van der Waals surface area (Å²) in [6.07, 6.45) is 1.50. The van der Waals surface area contributed by atoms with Crippen molar-refractivity contribution in [3.05, 3.63) is 42.6 Å². The third-order valence-corrected chi connectivity index (χ3v) is 5.62. The first-order valence-corrected chi connectivity index (χ1v) is 8.32. The molecule has 0 saturated heterocycles. The van der Waals surface area contributed by atoms with Gasteiger partial charge in [0.05, 0.1) is 27.6 Å². The molecule has 1 N–H and O–H groups in total. The molecule has 0 bridgehead atoms. The molecule has 22 heavy (non-hydrogen) atoms. The minimum atomic E-state index is -3.34. The summed E-state index contributed by atoms with van der Waals surface area (Å²) in [5, 5.41) is 12.9. The molecule has 2 heterocycles. The Labute approximate surface area is 128 Å². The van der Waals surface area contributed by atoms with Crippen molar-refractivity contribution in [2.45, 2.75) is 24.0 Å². The van der Waals surface area contributed by atoms with E-state index < -0.39 is 15.1 Å². The lowest BCUT2D eigenvalue weighted by Gasteiger charge is -2.09. The van der Waals surface area contributed by atoms with E-state index in [1.54, 1.807) is 44.2 Å². The van der Waals surface area contributed by atoms with E-state index in [4.69, 9.17) is 0 Å². The molecule has 0 radical (unpaired) electrons. The molecule has 0 aliphatic carbocycles. The van der Waals surface area contributed by atoms with Crippen LogP contribution in [0.5, 0.6) is 6.01 Å². The number of fused-ring (bicyclic) bond motifs is 1. The van der Waals surface area contributed by atoms with E-state index in [-0.39, 0.29) is 10.9 Å². The molecule has 0 amide bonds. The number of hydrogen-bond donors (Lipinski definition) is 1. The van der Waals surface area contributed by atoms with Gasteiger partial charge in [-0.1, -0.05) is 12.1 Å². The van der Waals surface area contributed by atoms with Gasteiger partial charge in [-0.05, 0) is 38.1 Å². The van der Waals surface area contributed by atoms with Crippen LogP contribution >= 0.6 is 0 Å². The van der Waals surface area contributed by atoms with Crippen molar-refractivity contribution < 1.29 is 13.5 Å². The maximum Gasteiger partial charge on any atom is 0.331 e. The van der Waals surface area contributed by atoms with E-state index in [1.807, 2.05) is 6.07 Å². The fourth-order valence-electron chi connectivity index (χ4n) is 2.22. The topological polar surface area (TPSA) is 84.6 Å². The van der Waals surface area contributed by atoms with Crippen LogP contribution in [-0.4, -0.2) is 33.4 Å². The first-order valence-electron chi connectivity index (χ1n) is 6.77. The molecule has 3 rings (SSSR count). The Balaban J connectivity index is 2.18. The maximum absolute atomic E-state index is 12.3. The number of rotatable bonds is 3. The summed E-state index contributed by atoms with van der Waals surface area (Å²) < 4.78 is 26.1. The summed E-state index contributed by atoms with van der Waals surface area (Å²) in [6, 6.07) is 9.99. The average Bonchev–Trinajstić information content (AvgIpc) is 2.90. The molecule has 0 fully saturated rings. The highest BCUT2D eigenvalue weighted by atomic mass is 32.2. The van der Waals surface area contributed by atoms with Crippen molar-refractivity contribution in [2.24, 2.45) is 0 Å². The van der Waals surface area contributed by atoms with E-state index in [2.05, 4.69) is 10.1 Å². The van der Waals surface area contributed by atoms with Crippen LogP contribution in [0.25, 0.3) is 16.8 Å². The molecular weight excluding hydrogens is 302 g/mol. The van der Waals surface area contributed by atoms with E-state index >= 15 is 0 Å². The van der Waals surface area contributed by atoms with Crippen LogP contribution in [-0.2, 0) is 9.84 Å². The van der Waals surface area contributed by atoms with Crippen LogP contribution in [0.3, 0.4) is 0 Å². The number of benzene rings is 1. The highest BCUT2D eigenvalue weighted by Gasteiger charge is 2.20. The van der Waals surface area contributed by atoms with Gasteiger partial charge >= 0.3 is 6.01 Å². The highest BCUT2D eigenvalue weighted by Crippen LogP contribution is 2.26. The third kappa shape index (κ3) is 2.33. The lowest BCUT2D eigenvalue weighted by atomic mass is 10.2. The van der Waals surface area contributed by atoms with Crippen molar-refractivity contribution in [1.82, 2.24) is 14.6 Å². The van der Waals surface area contributed by atoms with Gasteiger partial charge in [0.25, 0.3) is 0 Å². The normalized spacial score (nSPS) is 12.1. The Morgan fingerprint density at radius 1 is 1.18 bits per heavy atom. The third-order valence-electron chi connectivity index (χ3n) is 3.47. The number of nitrogens with zero attached hydrogens (tertiary/aromatic N) is 3. The van der Waals surface area contributed by atoms with Gasteiger partial charge in [-0.2, -0.15) is 0 Å². The van der Waals surface area contributed by atoms with Crippen molar-refractivity contribution in [2.75, 3.05) is 0 Å². The second-order valence-corrected chi connectivity index (χ2v) is 7.74. The summed E-state index contributed by atoms with van der Waals surface area (Å²) in [5.74, 6) is 0. The zero-order chi connectivity index (χ0) is 15.9. The summed E-state index contributed by atoms with van der Waals surface area (Å²) in [4.78, 5) is 3.99. The monoisotopic (exact) mass is 317 g/mol. The maximum atomic E-state index is 12.3. The van der Waals surface area contributed by atoms with Gasteiger partial charge in [0.2, 0.25) is 0 Å². The number of hydrogen-bond acceptors (Lipinski definition) is 5. The lowest BCUT2D eigenvalue weighted by Crippen LogP contribution is -2.13. The summed E-state index contributed by atoms with van der Waals surface area (Å²) in [6.45, 7) is 3.31. The van der Waals surface area contributed by atoms with Crippen molar-refractivity contribution in [1.29, 1.82) is 0 Å². The quantitative estimate of drug-likeness (QED) is 0.801. The Morgan fingerprint density at radius 2 is 1.95 bits per heavy atom. The van der Waals surface area contributed by atoms with Crippen LogP contribution in [0, 0.1) is 0 Å². The SMILES string of the molecule is CC(C)S(=O)(=O)c1cccc(-c2ccc3cnc(O)nn23)c1. The molecule has 0 aliphatic heterocycles. The lowest BCUT2D eigenvalue weighted by molar-refractivity contribution is 0.419. The number of sulfone groups is 1. The first-order chi connectivity index (χ1) is 10.4. The van der Waals surface area contributed by atoms with Crippen LogP contribution in [0.4, 0.5) is 0 Å². The average molecular weight is 317 g/mol. The van der Waals surface area contributed by atoms with Gasteiger partial charge in [0.15, 0.2) is 9.84 Å². The molecule has 1 aromatic carbocycles. The van der Waals surface area contributed by atoms with Gasteiger partial charge in [0.1, 0.15) is 0 Å². The van der Waals surface area contributed by atoms with E-state index in [0.29, 0.717) is 16.8 Å². The number of aromatic hydroxyl groups is 1. The second kappa shape index (κ2) is 5.10. The Kier molecular flexibility index (Phi) is 3.37. The van der Waals surface area contributed by atoms with Gasteiger partial charge in [-0.15, -0.1) is 5.10 Å². The van der Waals surface area contributed by atoms with Gasteiger partial charge in [-0.25, -0.2) is 17.9 Å². The van der Waals surface area contributed by atoms with Crippen LogP contribution in [0.2, 0.25) is 0 Å². The summed E-state index contributed by atoms with van der Waals surface area (Å²) in [7, 11) is -3.34. The molecular formula is C15H15N3O3S. The van der Waals surface area contributed by atoms with E-state index in [0.717, 1.165) is 0 Å². The fraction of sp³-hybridized carbons (Fsp3) is 0.200. The molecule has 7 heteroatoms. The predicted octanol–water partition coefficient (Wildman–Crippen LogP) is 2.28. The van der Waals surface area contributed by atoms with Crippen LogP contribution in [0.1, 0.15) is 13.8 Å². The van der Waals surface area contributed by atoms with Crippen molar-refractivity contribution >= 4 is 15.4 Å². The zero-order valence-corrected chi connectivity index (χ0v) is 12.9. The van der Waals surface area contributed by atoms with Crippen LogP contribution in [0.15, 0.2) is 47.5 Å². The van der Waals surface area contributed by atoms with Crippen molar-refractivity contribution in [3.63, 3.8) is 0 Å². The molecule has 3 aromatic rings. The second-order valence-electron chi connectivity index (χ2n) is 5.24. The predicted molar refractivity (Wildman–Crippen MR) is 82.4 cm³/mol. The molecule has 2 aromatic heterocycles. The van der Waals surface area contributed by atoms with Crippen LogP contribution < -0.4 is 0 Å². The van der Waals surface area contributed by atoms with Gasteiger partial charge in [-0.3, -0.25) is 0 Å². The molecule has 6 nitrogen and oxygen atoms in total. The Hall–Kier alpha value is -2.41. The minimum absolute atomic E-state index is 0.272. The first kappa shape index (κ1) is 14.5. The minimum Gasteiger partial charge on any atom is -0.478 e. The van der Waals surface area contributed by atoms with Gasteiger partial charge < -0.3 is 5.11 Å². The zero-order valence-electron chi connectivity index (χ0n) is 12.1. The molecule has 0 unspecified atom stereocenters. The molecule has 0 spiro atoms. The summed E-state index contributed by atoms with van der Waals surface area (Å²) >= 11 is 0. The Morgan fingerprint density at radius 3 is 2.68 bits per heavy atom. The molecule has 0 atom stereocenters.